The Hall–Kier alpha value is -1.89. The highest BCUT2D eigenvalue weighted by molar-refractivity contribution is 7.20. The second kappa shape index (κ2) is 7.85. The summed E-state index contributed by atoms with van der Waals surface area (Å²) in [5.74, 6) is 0.186. The molecule has 2 atom stereocenters. The lowest BCUT2D eigenvalue weighted by molar-refractivity contribution is -0.132. The molecule has 7 heteroatoms. The summed E-state index contributed by atoms with van der Waals surface area (Å²) in [5.41, 5.74) is 1.01. The van der Waals surface area contributed by atoms with E-state index in [9.17, 15) is 9.59 Å². The summed E-state index contributed by atoms with van der Waals surface area (Å²) in [4.78, 5) is 28.5. The molecule has 0 spiro atoms. The number of aryl methyl sites for hydroxylation is 1. The predicted octanol–water partition coefficient (Wildman–Crippen LogP) is 3.90. The van der Waals surface area contributed by atoms with Crippen molar-refractivity contribution in [3.8, 4) is 0 Å². The number of hydrogen-bond donors (Lipinski definition) is 1. The van der Waals surface area contributed by atoms with Gasteiger partial charge in [-0.1, -0.05) is 19.3 Å². The minimum absolute atomic E-state index is 0.0150. The molecule has 2 amide bonds. The highest BCUT2D eigenvalue weighted by atomic mass is 32.1. The molecule has 152 valence electrons. The van der Waals surface area contributed by atoms with E-state index < -0.39 is 0 Å². The number of rotatable bonds is 4. The van der Waals surface area contributed by atoms with Crippen molar-refractivity contribution in [3.63, 3.8) is 0 Å². The number of carbonyl (C=O) groups is 2. The van der Waals surface area contributed by atoms with Crippen LogP contribution in [0.1, 0.15) is 72.8 Å². The van der Waals surface area contributed by atoms with Gasteiger partial charge in [-0.3, -0.25) is 14.3 Å². The Bertz CT molecular complexity index is 878. The highest BCUT2D eigenvalue weighted by Gasteiger charge is 2.32. The van der Waals surface area contributed by atoms with Crippen LogP contribution in [0.2, 0.25) is 0 Å². The summed E-state index contributed by atoms with van der Waals surface area (Å²) in [6.07, 6.45) is 8.66. The molecule has 2 aliphatic carbocycles. The number of nitrogens with one attached hydrogen (secondary N) is 1. The van der Waals surface area contributed by atoms with Crippen LogP contribution in [0.4, 0.5) is 0 Å². The first-order chi connectivity index (χ1) is 13.4. The largest absolute Gasteiger partial charge is 0.349 e. The number of carbonyl (C=O) groups excluding carboxylic acids is 2. The fourth-order valence-corrected chi connectivity index (χ4v) is 5.85. The maximum absolute atomic E-state index is 12.9. The first kappa shape index (κ1) is 19.4. The van der Waals surface area contributed by atoms with Crippen molar-refractivity contribution in [2.75, 3.05) is 14.1 Å². The molecule has 0 aliphatic heterocycles. The molecule has 0 radical (unpaired) electrons. The Labute approximate surface area is 170 Å². The Balaban J connectivity index is 1.47. The molecule has 2 aromatic heterocycles. The SMILES string of the molecule is Cc1nn(C2CCCCC2)c2sc(C(=O)NC3CCC(C(=O)N(C)C)C3)cc12. The van der Waals surface area contributed by atoms with E-state index >= 15 is 0 Å². The van der Waals surface area contributed by atoms with Gasteiger partial charge >= 0.3 is 0 Å². The summed E-state index contributed by atoms with van der Waals surface area (Å²) in [6.45, 7) is 2.03. The lowest BCUT2D eigenvalue weighted by Crippen LogP contribution is -2.34. The third-order valence-corrected chi connectivity index (χ3v) is 7.39. The number of thiophene rings is 1. The smallest absolute Gasteiger partial charge is 0.261 e. The standard InChI is InChI=1S/C21H30N4O2S/c1-13-17-12-18(28-21(17)25(23-13)16-7-5-4-6-8-16)19(26)22-15-10-9-14(11-15)20(27)24(2)3/h12,14-16H,4-11H2,1-3H3,(H,22,26). The van der Waals surface area contributed by atoms with Crippen molar-refractivity contribution in [2.45, 2.75) is 70.4 Å². The zero-order chi connectivity index (χ0) is 19.8. The molecule has 2 aliphatic rings. The van der Waals surface area contributed by atoms with Gasteiger partial charge in [-0.15, -0.1) is 11.3 Å². The van der Waals surface area contributed by atoms with E-state index in [0.717, 1.165) is 40.1 Å². The molecular formula is C21H30N4O2S. The summed E-state index contributed by atoms with van der Waals surface area (Å²) in [7, 11) is 3.59. The second-order valence-electron chi connectivity index (χ2n) is 8.56. The molecule has 2 fully saturated rings. The Morgan fingerprint density at radius 1 is 1.18 bits per heavy atom. The molecule has 0 bridgehead atoms. The lowest BCUT2D eigenvalue weighted by Gasteiger charge is -2.22. The molecule has 0 aromatic carbocycles. The van der Waals surface area contributed by atoms with Crippen LogP contribution in [-0.4, -0.2) is 46.6 Å². The second-order valence-corrected chi connectivity index (χ2v) is 9.59. The summed E-state index contributed by atoms with van der Waals surface area (Å²) in [6, 6.07) is 2.55. The van der Waals surface area contributed by atoms with Gasteiger partial charge in [0.15, 0.2) is 0 Å². The Morgan fingerprint density at radius 2 is 1.93 bits per heavy atom. The molecule has 2 heterocycles. The normalized spacial score (nSPS) is 23.2. The van der Waals surface area contributed by atoms with E-state index in [-0.39, 0.29) is 23.8 Å². The van der Waals surface area contributed by atoms with Gasteiger partial charge in [0, 0.05) is 31.4 Å². The van der Waals surface area contributed by atoms with E-state index in [0.29, 0.717) is 6.04 Å². The van der Waals surface area contributed by atoms with Crippen molar-refractivity contribution in [3.05, 3.63) is 16.6 Å². The third kappa shape index (κ3) is 3.69. The quantitative estimate of drug-likeness (QED) is 0.843. The van der Waals surface area contributed by atoms with E-state index in [4.69, 9.17) is 5.10 Å². The maximum Gasteiger partial charge on any atom is 0.261 e. The minimum atomic E-state index is -0.0150. The van der Waals surface area contributed by atoms with E-state index in [1.807, 2.05) is 13.0 Å². The molecule has 28 heavy (non-hydrogen) atoms. The molecule has 6 nitrogen and oxygen atoms in total. The molecule has 4 rings (SSSR count). The third-order valence-electron chi connectivity index (χ3n) is 6.27. The van der Waals surface area contributed by atoms with Crippen LogP contribution >= 0.6 is 11.3 Å². The van der Waals surface area contributed by atoms with Crippen molar-refractivity contribution >= 4 is 33.4 Å². The van der Waals surface area contributed by atoms with Gasteiger partial charge < -0.3 is 10.2 Å². The van der Waals surface area contributed by atoms with E-state index in [1.165, 1.54) is 32.1 Å². The van der Waals surface area contributed by atoms with Crippen LogP contribution < -0.4 is 5.32 Å². The van der Waals surface area contributed by atoms with E-state index in [2.05, 4.69) is 10.00 Å². The Kier molecular flexibility index (Phi) is 5.45. The zero-order valence-electron chi connectivity index (χ0n) is 17.0. The summed E-state index contributed by atoms with van der Waals surface area (Å²) in [5, 5.41) is 9.04. The van der Waals surface area contributed by atoms with Gasteiger partial charge in [-0.25, -0.2) is 0 Å². The van der Waals surface area contributed by atoms with Crippen LogP contribution in [0.3, 0.4) is 0 Å². The van der Waals surface area contributed by atoms with Gasteiger partial charge in [-0.2, -0.15) is 5.10 Å². The summed E-state index contributed by atoms with van der Waals surface area (Å²) < 4.78 is 2.17. The van der Waals surface area contributed by atoms with Gasteiger partial charge in [0.25, 0.3) is 5.91 Å². The highest BCUT2D eigenvalue weighted by Crippen LogP contribution is 2.35. The first-order valence-corrected chi connectivity index (χ1v) is 11.3. The van der Waals surface area contributed by atoms with Crippen molar-refractivity contribution in [1.29, 1.82) is 0 Å². The molecule has 1 N–H and O–H groups in total. The number of fused-ring (bicyclic) bond motifs is 1. The van der Waals surface area contributed by atoms with Crippen LogP contribution in [0.5, 0.6) is 0 Å². The van der Waals surface area contributed by atoms with Crippen molar-refractivity contribution in [1.82, 2.24) is 20.0 Å². The minimum Gasteiger partial charge on any atom is -0.349 e. The topological polar surface area (TPSA) is 67.2 Å². The molecule has 2 aromatic rings. The monoisotopic (exact) mass is 402 g/mol. The van der Waals surface area contributed by atoms with Gasteiger partial charge in [-0.05, 0) is 45.1 Å². The van der Waals surface area contributed by atoms with Crippen LogP contribution in [0.15, 0.2) is 6.07 Å². The van der Waals surface area contributed by atoms with Crippen LogP contribution in [0.25, 0.3) is 10.2 Å². The first-order valence-electron chi connectivity index (χ1n) is 10.4. The van der Waals surface area contributed by atoms with Crippen molar-refractivity contribution < 1.29 is 9.59 Å². The molecule has 2 saturated carbocycles. The average molecular weight is 403 g/mol. The fourth-order valence-electron chi connectivity index (χ4n) is 4.72. The van der Waals surface area contributed by atoms with Gasteiger partial charge in [0.1, 0.15) is 4.83 Å². The van der Waals surface area contributed by atoms with Crippen molar-refractivity contribution in [2.24, 2.45) is 5.92 Å². The Morgan fingerprint density at radius 3 is 2.64 bits per heavy atom. The molecule has 2 unspecified atom stereocenters. The van der Waals surface area contributed by atoms with Gasteiger partial charge in [0.05, 0.1) is 16.6 Å². The number of nitrogens with zero attached hydrogens (tertiary/aromatic N) is 3. The number of aromatic nitrogens is 2. The summed E-state index contributed by atoms with van der Waals surface area (Å²) >= 11 is 1.56. The van der Waals surface area contributed by atoms with Crippen LogP contribution in [-0.2, 0) is 4.79 Å². The van der Waals surface area contributed by atoms with E-state index in [1.54, 1.807) is 30.3 Å². The molecular weight excluding hydrogens is 372 g/mol. The van der Waals surface area contributed by atoms with Crippen LogP contribution in [0, 0.1) is 12.8 Å². The average Bonchev–Trinajstić information content (AvgIpc) is 3.38. The maximum atomic E-state index is 12.9. The van der Waals surface area contributed by atoms with Gasteiger partial charge in [0.2, 0.25) is 5.91 Å². The lowest BCUT2D eigenvalue weighted by atomic mass is 9.96. The zero-order valence-corrected chi connectivity index (χ0v) is 17.8. The number of hydrogen-bond acceptors (Lipinski definition) is 4. The predicted molar refractivity (Wildman–Crippen MR) is 112 cm³/mol. The molecule has 0 saturated heterocycles. The fraction of sp³-hybridized carbons (Fsp3) is 0.667. The number of amides is 2.